The smallest absolute Gasteiger partial charge is 0.239 e. The predicted molar refractivity (Wildman–Crippen MR) is 95.7 cm³/mol. The van der Waals surface area contributed by atoms with Crippen LogP contribution in [0.25, 0.3) is 0 Å². The first-order valence-electron chi connectivity index (χ1n) is 7.38. The van der Waals surface area contributed by atoms with Crippen molar-refractivity contribution in [1.29, 1.82) is 0 Å². The van der Waals surface area contributed by atoms with Gasteiger partial charge < -0.3 is 0 Å². The fourth-order valence-electron chi connectivity index (χ4n) is 2.27. The molecule has 2 aromatic rings. The summed E-state index contributed by atoms with van der Waals surface area (Å²) in [6.07, 6.45) is 1.70. The normalized spacial score (nSPS) is 16.7. The fourth-order valence-corrected chi connectivity index (χ4v) is 3.10. The number of rotatable bonds is 4. The molecule has 4 nitrogen and oxygen atoms in total. The van der Waals surface area contributed by atoms with Crippen LogP contribution in [0.2, 0.25) is 0 Å². The lowest BCUT2D eigenvalue weighted by atomic mass is 10.1. The minimum absolute atomic E-state index is 0.0758. The highest BCUT2D eigenvalue weighted by molar-refractivity contribution is 8.15. The van der Waals surface area contributed by atoms with Crippen LogP contribution in [-0.2, 0) is 11.3 Å². The van der Waals surface area contributed by atoms with Crippen molar-refractivity contribution in [2.75, 3.05) is 5.75 Å². The lowest BCUT2D eigenvalue weighted by Gasteiger charge is -2.16. The molecule has 0 N–H and O–H groups in total. The van der Waals surface area contributed by atoms with Crippen molar-refractivity contribution >= 4 is 29.1 Å². The van der Waals surface area contributed by atoms with Crippen LogP contribution in [0.3, 0.4) is 0 Å². The summed E-state index contributed by atoms with van der Waals surface area (Å²) >= 11 is 1.43. The molecule has 2 aromatic carbocycles. The molecule has 1 saturated heterocycles. The Morgan fingerprint density at radius 1 is 1.13 bits per heavy atom. The molecule has 0 saturated carbocycles. The third-order valence-electron chi connectivity index (χ3n) is 3.60. The Balaban J connectivity index is 1.76. The Hall–Kier alpha value is -2.40. The summed E-state index contributed by atoms with van der Waals surface area (Å²) in [5.41, 5.74) is 3.28. The standard InChI is InChI=1S/C18H17N3OS/c1-14-7-5-6-10-16(14)12-21-17(22)13-23-18(21)20-19-11-15-8-3-2-4-9-15/h2-11H,12-13H2,1H3. The van der Waals surface area contributed by atoms with Gasteiger partial charge in [0, 0.05) is 0 Å². The average molecular weight is 323 g/mol. The molecule has 1 heterocycles. The molecule has 0 atom stereocenters. The van der Waals surface area contributed by atoms with Crippen LogP contribution in [-0.4, -0.2) is 27.9 Å². The van der Waals surface area contributed by atoms with Gasteiger partial charge in [0.25, 0.3) is 0 Å². The maximum Gasteiger partial charge on any atom is 0.239 e. The summed E-state index contributed by atoms with van der Waals surface area (Å²) in [6, 6.07) is 17.9. The van der Waals surface area contributed by atoms with Crippen molar-refractivity contribution in [3.8, 4) is 0 Å². The number of amidine groups is 1. The van der Waals surface area contributed by atoms with Crippen molar-refractivity contribution < 1.29 is 4.79 Å². The van der Waals surface area contributed by atoms with Crippen LogP contribution in [0.15, 0.2) is 64.8 Å². The van der Waals surface area contributed by atoms with Gasteiger partial charge in [-0.1, -0.05) is 66.4 Å². The number of carbonyl (C=O) groups is 1. The van der Waals surface area contributed by atoms with Gasteiger partial charge in [0.15, 0.2) is 5.17 Å². The van der Waals surface area contributed by atoms with E-state index < -0.39 is 0 Å². The molecule has 0 radical (unpaired) electrons. The van der Waals surface area contributed by atoms with E-state index in [1.54, 1.807) is 11.1 Å². The summed E-state index contributed by atoms with van der Waals surface area (Å²) in [5, 5.41) is 9.01. The van der Waals surface area contributed by atoms with Crippen LogP contribution in [0.4, 0.5) is 0 Å². The van der Waals surface area contributed by atoms with Crippen molar-refractivity contribution in [2.45, 2.75) is 13.5 Å². The van der Waals surface area contributed by atoms with E-state index in [4.69, 9.17) is 0 Å². The van der Waals surface area contributed by atoms with Gasteiger partial charge in [-0.05, 0) is 23.6 Å². The molecule has 0 aromatic heterocycles. The molecule has 1 amide bonds. The van der Waals surface area contributed by atoms with Gasteiger partial charge in [0.05, 0.1) is 18.5 Å². The van der Waals surface area contributed by atoms with Crippen LogP contribution in [0.5, 0.6) is 0 Å². The largest absolute Gasteiger partial charge is 0.285 e. The summed E-state index contributed by atoms with van der Waals surface area (Å²) < 4.78 is 0. The minimum atomic E-state index is 0.0758. The second-order valence-corrected chi connectivity index (χ2v) is 6.18. The number of hydrogen-bond acceptors (Lipinski definition) is 4. The lowest BCUT2D eigenvalue weighted by molar-refractivity contribution is -0.124. The predicted octanol–water partition coefficient (Wildman–Crippen LogP) is 3.46. The summed E-state index contributed by atoms with van der Waals surface area (Å²) in [4.78, 5) is 13.8. The highest BCUT2D eigenvalue weighted by atomic mass is 32.2. The number of benzene rings is 2. The Morgan fingerprint density at radius 3 is 2.65 bits per heavy atom. The van der Waals surface area contributed by atoms with Crippen LogP contribution < -0.4 is 0 Å². The average Bonchev–Trinajstić information content (AvgIpc) is 2.91. The highest BCUT2D eigenvalue weighted by Gasteiger charge is 2.28. The van der Waals surface area contributed by atoms with Gasteiger partial charge in [-0.25, -0.2) is 0 Å². The third kappa shape index (κ3) is 3.87. The highest BCUT2D eigenvalue weighted by Crippen LogP contribution is 2.23. The first kappa shape index (κ1) is 15.5. The zero-order chi connectivity index (χ0) is 16.1. The van der Waals surface area contributed by atoms with Gasteiger partial charge in [-0.2, -0.15) is 5.10 Å². The van der Waals surface area contributed by atoms with Crippen molar-refractivity contribution in [3.63, 3.8) is 0 Å². The molecule has 0 aliphatic carbocycles. The van der Waals surface area contributed by atoms with E-state index in [2.05, 4.69) is 10.2 Å². The van der Waals surface area contributed by atoms with Gasteiger partial charge in [0.1, 0.15) is 0 Å². The van der Waals surface area contributed by atoms with E-state index in [0.29, 0.717) is 17.5 Å². The van der Waals surface area contributed by atoms with Crippen molar-refractivity contribution in [3.05, 3.63) is 71.3 Å². The Morgan fingerprint density at radius 2 is 1.87 bits per heavy atom. The molecule has 23 heavy (non-hydrogen) atoms. The number of thioether (sulfide) groups is 1. The molecule has 0 bridgehead atoms. The molecule has 116 valence electrons. The van der Waals surface area contributed by atoms with Gasteiger partial charge in [-0.15, -0.1) is 5.10 Å². The SMILES string of the molecule is Cc1ccccc1CN1C(=O)CSC1=NN=Cc1ccccc1. The molecule has 0 spiro atoms. The van der Waals surface area contributed by atoms with Crippen LogP contribution in [0, 0.1) is 6.92 Å². The van der Waals surface area contributed by atoms with E-state index in [1.807, 2.05) is 61.5 Å². The Kier molecular flexibility index (Phi) is 4.88. The molecule has 3 rings (SSSR count). The van der Waals surface area contributed by atoms with E-state index in [1.165, 1.54) is 17.3 Å². The van der Waals surface area contributed by atoms with Crippen molar-refractivity contribution in [1.82, 2.24) is 4.90 Å². The molecular formula is C18H17N3OS. The number of aryl methyl sites for hydroxylation is 1. The van der Waals surface area contributed by atoms with E-state index in [0.717, 1.165) is 11.1 Å². The maximum absolute atomic E-state index is 12.1. The number of hydrogen-bond donors (Lipinski definition) is 0. The quantitative estimate of drug-likeness (QED) is 0.639. The lowest BCUT2D eigenvalue weighted by Crippen LogP contribution is -2.29. The Bertz CT molecular complexity index is 756. The summed E-state index contributed by atoms with van der Waals surface area (Å²) in [6.45, 7) is 2.59. The van der Waals surface area contributed by atoms with Gasteiger partial charge in [0.2, 0.25) is 5.91 Å². The van der Waals surface area contributed by atoms with Crippen LogP contribution >= 0.6 is 11.8 Å². The third-order valence-corrected chi connectivity index (χ3v) is 4.55. The number of nitrogens with zero attached hydrogens (tertiary/aromatic N) is 3. The molecule has 1 aliphatic rings. The number of amides is 1. The maximum atomic E-state index is 12.1. The summed E-state index contributed by atoms with van der Waals surface area (Å²) in [5.74, 6) is 0.498. The topological polar surface area (TPSA) is 45.0 Å². The monoisotopic (exact) mass is 323 g/mol. The molecule has 1 aliphatic heterocycles. The van der Waals surface area contributed by atoms with E-state index in [-0.39, 0.29) is 5.91 Å². The molecule has 5 heteroatoms. The minimum Gasteiger partial charge on any atom is -0.285 e. The van der Waals surface area contributed by atoms with Crippen LogP contribution in [0.1, 0.15) is 16.7 Å². The Labute approximate surface area is 139 Å². The molecular weight excluding hydrogens is 306 g/mol. The first-order chi connectivity index (χ1) is 11.2. The number of carbonyl (C=O) groups excluding carboxylic acids is 1. The summed E-state index contributed by atoms with van der Waals surface area (Å²) in [7, 11) is 0. The first-order valence-corrected chi connectivity index (χ1v) is 8.36. The van der Waals surface area contributed by atoms with E-state index in [9.17, 15) is 4.79 Å². The molecule has 1 fully saturated rings. The van der Waals surface area contributed by atoms with Gasteiger partial charge >= 0.3 is 0 Å². The second-order valence-electron chi connectivity index (χ2n) is 5.23. The second kappa shape index (κ2) is 7.24. The molecule has 0 unspecified atom stereocenters. The fraction of sp³-hybridized carbons (Fsp3) is 0.167. The zero-order valence-corrected chi connectivity index (χ0v) is 13.7. The van der Waals surface area contributed by atoms with Crippen molar-refractivity contribution in [2.24, 2.45) is 10.2 Å². The van der Waals surface area contributed by atoms with Gasteiger partial charge in [-0.3, -0.25) is 9.69 Å². The van der Waals surface area contributed by atoms with E-state index >= 15 is 0 Å². The zero-order valence-electron chi connectivity index (χ0n) is 12.8.